The first-order valence-electron chi connectivity index (χ1n) is 15.0. The molecule has 0 spiro atoms. The lowest BCUT2D eigenvalue weighted by molar-refractivity contribution is -0.130. The summed E-state index contributed by atoms with van der Waals surface area (Å²) >= 11 is 0. The van der Waals surface area contributed by atoms with Gasteiger partial charge in [0.25, 0.3) is 0 Å². The van der Waals surface area contributed by atoms with Gasteiger partial charge in [-0.1, -0.05) is 101 Å². The summed E-state index contributed by atoms with van der Waals surface area (Å²) in [4.78, 5) is 39.5. The van der Waals surface area contributed by atoms with Gasteiger partial charge in [0.15, 0.2) is 5.78 Å². The van der Waals surface area contributed by atoms with E-state index in [-0.39, 0.29) is 32.2 Å². The molecule has 2 rings (SSSR count). The van der Waals surface area contributed by atoms with Crippen molar-refractivity contribution in [2.45, 2.75) is 84.9 Å². The van der Waals surface area contributed by atoms with Crippen LogP contribution in [0.25, 0.3) is 0 Å². The van der Waals surface area contributed by atoms with Gasteiger partial charge in [0.1, 0.15) is 19.3 Å². The third-order valence-corrected chi connectivity index (χ3v) is 7.82. The van der Waals surface area contributed by atoms with Crippen molar-refractivity contribution < 1.29 is 37.3 Å². The van der Waals surface area contributed by atoms with E-state index in [9.17, 15) is 18.9 Å². The molecular weight excluding hydrogens is 571 g/mol. The number of ketones is 1. The summed E-state index contributed by atoms with van der Waals surface area (Å²) in [5.74, 6) is -0.991. The van der Waals surface area contributed by atoms with Gasteiger partial charge in [0, 0.05) is 0 Å². The Bertz CT molecular complexity index is 1130. The normalized spacial score (nSPS) is 12.9. The number of amides is 2. The maximum Gasteiger partial charge on any atom is 0.475 e. The summed E-state index contributed by atoms with van der Waals surface area (Å²) in [5.41, 5.74) is 1.61. The summed E-state index contributed by atoms with van der Waals surface area (Å²) < 4.78 is 34.9. The minimum absolute atomic E-state index is 0.0514. The molecule has 0 aliphatic heterocycles. The number of hydrogen-bond acceptors (Lipinski definition) is 8. The number of benzene rings is 2. The fraction of sp³-hybridized carbons (Fsp3) is 0.531. The highest BCUT2D eigenvalue weighted by Gasteiger charge is 2.32. The molecule has 238 valence electrons. The van der Waals surface area contributed by atoms with Crippen molar-refractivity contribution >= 4 is 25.6 Å². The summed E-state index contributed by atoms with van der Waals surface area (Å²) in [7, 11) is -3.99. The molecule has 0 saturated heterocycles. The number of nitrogens with one attached hydrogen (secondary N) is 2. The van der Waals surface area contributed by atoms with E-state index in [0.717, 1.165) is 24.0 Å². The van der Waals surface area contributed by atoms with E-state index in [1.807, 2.05) is 88.4 Å². The smallest absolute Gasteiger partial charge is 0.445 e. The Kier molecular flexibility index (Phi) is 16.8. The molecule has 0 fully saturated rings. The van der Waals surface area contributed by atoms with Gasteiger partial charge in [-0.3, -0.25) is 23.2 Å². The van der Waals surface area contributed by atoms with Gasteiger partial charge in [0.05, 0.1) is 19.3 Å². The van der Waals surface area contributed by atoms with Gasteiger partial charge in [-0.25, -0.2) is 9.36 Å². The van der Waals surface area contributed by atoms with Crippen LogP contribution in [-0.2, 0) is 45.5 Å². The first-order valence-corrected chi connectivity index (χ1v) is 16.5. The van der Waals surface area contributed by atoms with Gasteiger partial charge >= 0.3 is 13.9 Å². The fourth-order valence-electron chi connectivity index (χ4n) is 3.97. The number of hydrogen-bond donors (Lipinski definition) is 2. The van der Waals surface area contributed by atoms with Crippen LogP contribution >= 0.6 is 7.82 Å². The summed E-state index contributed by atoms with van der Waals surface area (Å²) in [6.45, 7) is 7.58. The van der Waals surface area contributed by atoms with Crippen molar-refractivity contribution in [1.29, 1.82) is 0 Å². The number of unbranched alkanes of at least 4 members (excludes halogenated alkanes) is 2. The molecule has 11 heteroatoms. The average molecular weight is 619 g/mol. The molecule has 0 heterocycles. The topological polar surface area (TPSA) is 129 Å². The molecule has 10 nitrogen and oxygen atoms in total. The molecule has 2 atom stereocenters. The molecule has 0 bridgehead atoms. The molecule has 2 amide bonds. The SMILES string of the molecule is CCCCOP(=O)(OCCCC)OCC(=O)[C@H](Cc1ccccc1)NC(=O)[C@H](CC(C)C)NC(=O)OCc1ccccc1. The van der Waals surface area contributed by atoms with E-state index >= 15 is 0 Å². The van der Waals surface area contributed by atoms with Crippen molar-refractivity contribution in [3.63, 3.8) is 0 Å². The van der Waals surface area contributed by atoms with Crippen LogP contribution in [-0.4, -0.2) is 49.7 Å². The molecular formula is C32H47N2O8P. The Hall–Kier alpha value is -3.04. The molecule has 0 aromatic heterocycles. The van der Waals surface area contributed by atoms with Crippen molar-refractivity contribution in [1.82, 2.24) is 10.6 Å². The number of Topliss-reactive ketones (excluding diaryl/α,β-unsaturated/α-hetero) is 1. The van der Waals surface area contributed by atoms with Crippen molar-refractivity contribution in [3.8, 4) is 0 Å². The quantitative estimate of drug-likeness (QED) is 0.122. The predicted molar refractivity (Wildman–Crippen MR) is 165 cm³/mol. The Labute approximate surface area is 255 Å². The van der Waals surface area contributed by atoms with Crippen LogP contribution < -0.4 is 10.6 Å². The molecule has 0 aliphatic carbocycles. The number of ether oxygens (including phenoxy) is 1. The maximum absolute atomic E-state index is 13.5. The maximum atomic E-state index is 13.5. The van der Waals surface area contributed by atoms with Gasteiger partial charge in [-0.05, 0) is 42.7 Å². The van der Waals surface area contributed by atoms with Crippen molar-refractivity contribution in [3.05, 3.63) is 71.8 Å². The monoisotopic (exact) mass is 618 g/mol. The largest absolute Gasteiger partial charge is 0.475 e. The van der Waals surface area contributed by atoms with E-state index in [1.54, 1.807) is 0 Å². The van der Waals surface area contributed by atoms with E-state index in [2.05, 4.69) is 10.6 Å². The van der Waals surface area contributed by atoms with Crippen LogP contribution in [0, 0.1) is 5.92 Å². The number of phosphoric ester groups is 1. The van der Waals surface area contributed by atoms with Crippen LogP contribution in [0.15, 0.2) is 60.7 Å². The average Bonchev–Trinajstić information content (AvgIpc) is 2.99. The lowest BCUT2D eigenvalue weighted by atomic mass is 10.00. The van der Waals surface area contributed by atoms with E-state index in [1.165, 1.54) is 0 Å². The predicted octanol–water partition coefficient (Wildman–Crippen LogP) is 6.38. The highest BCUT2D eigenvalue weighted by molar-refractivity contribution is 7.48. The van der Waals surface area contributed by atoms with Crippen LogP contribution in [0.5, 0.6) is 0 Å². The molecule has 0 aliphatic rings. The number of alkyl carbamates (subject to hydrolysis) is 1. The van der Waals surface area contributed by atoms with E-state index in [0.29, 0.717) is 19.3 Å². The van der Waals surface area contributed by atoms with E-state index < -0.39 is 44.3 Å². The Morgan fingerprint density at radius 1 is 0.767 bits per heavy atom. The Morgan fingerprint density at radius 3 is 1.86 bits per heavy atom. The minimum atomic E-state index is -3.99. The Morgan fingerprint density at radius 2 is 1.33 bits per heavy atom. The highest BCUT2D eigenvalue weighted by atomic mass is 31.2. The highest BCUT2D eigenvalue weighted by Crippen LogP contribution is 2.49. The number of carbonyl (C=O) groups excluding carboxylic acids is 3. The number of rotatable bonds is 21. The zero-order chi connectivity index (χ0) is 31.5. The second kappa shape index (κ2) is 20.0. The van der Waals surface area contributed by atoms with Gasteiger partial charge < -0.3 is 15.4 Å². The molecule has 0 saturated carbocycles. The van der Waals surface area contributed by atoms with Crippen LogP contribution in [0.2, 0.25) is 0 Å². The summed E-state index contributed by atoms with van der Waals surface area (Å²) in [6, 6.07) is 16.4. The standard InChI is InChI=1S/C32H47N2O8P/c1-5-7-19-40-43(38,41-20-8-6-2)42-24-30(35)28(22-26-15-11-9-12-16-26)33-31(36)29(21-25(3)4)34-32(37)39-23-27-17-13-10-14-18-27/h9-18,25,28-29H,5-8,19-24H2,1-4H3,(H,33,36)(H,34,37)/t28-,29-/m0/s1. The molecule has 2 aromatic carbocycles. The van der Waals surface area contributed by atoms with Gasteiger partial charge in [-0.15, -0.1) is 0 Å². The van der Waals surface area contributed by atoms with Crippen LogP contribution in [0.3, 0.4) is 0 Å². The number of carbonyl (C=O) groups is 3. The van der Waals surface area contributed by atoms with Crippen LogP contribution in [0.4, 0.5) is 4.79 Å². The fourth-order valence-corrected chi connectivity index (χ4v) is 5.19. The van der Waals surface area contributed by atoms with Crippen LogP contribution in [0.1, 0.15) is 70.9 Å². The second-order valence-electron chi connectivity index (χ2n) is 10.7. The molecule has 2 aromatic rings. The third kappa shape index (κ3) is 14.8. The molecule has 2 N–H and O–H groups in total. The number of phosphoric acid groups is 1. The first-order chi connectivity index (χ1) is 20.7. The minimum Gasteiger partial charge on any atom is -0.445 e. The molecule has 0 radical (unpaired) electrons. The lowest BCUT2D eigenvalue weighted by Crippen LogP contribution is -2.53. The van der Waals surface area contributed by atoms with E-state index in [4.69, 9.17) is 18.3 Å². The van der Waals surface area contributed by atoms with Gasteiger partial charge in [-0.2, -0.15) is 0 Å². The Balaban J connectivity index is 2.14. The zero-order valence-electron chi connectivity index (χ0n) is 25.8. The van der Waals surface area contributed by atoms with Crippen molar-refractivity contribution in [2.75, 3.05) is 19.8 Å². The first kappa shape index (κ1) is 36.2. The summed E-state index contributed by atoms with van der Waals surface area (Å²) in [6.07, 6.45) is 2.70. The van der Waals surface area contributed by atoms with Gasteiger partial charge in [0.2, 0.25) is 5.91 Å². The summed E-state index contributed by atoms with van der Waals surface area (Å²) in [5, 5.41) is 5.42. The molecule has 0 unspecified atom stereocenters. The molecule has 43 heavy (non-hydrogen) atoms. The van der Waals surface area contributed by atoms with Crippen molar-refractivity contribution in [2.24, 2.45) is 5.92 Å². The lowest BCUT2D eigenvalue weighted by Gasteiger charge is -2.24. The zero-order valence-corrected chi connectivity index (χ0v) is 26.7. The second-order valence-corrected chi connectivity index (χ2v) is 12.4. The third-order valence-electron chi connectivity index (χ3n) is 6.38.